The van der Waals surface area contributed by atoms with Crippen LogP contribution in [0, 0.1) is 0 Å². The summed E-state index contributed by atoms with van der Waals surface area (Å²) < 4.78 is 0. The standard InChI is InChI=1S/C20H27N3O3/c24-10-9-23-7-5-13(6-8-23)21-20-14-3-1-2-4-16(14)22-17-12-19(26)18(25)11-15(17)20/h11-13,24-26H,1-10H2,(H,21,22). The van der Waals surface area contributed by atoms with Crippen LogP contribution in [0.5, 0.6) is 11.5 Å². The summed E-state index contributed by atoms with van der Waals surface area (Å²) in [5.41, 5.74) is 4.21. The minimum Gasteiger partial charge on any atom is -0.504 e. The van der Waals surface area contributed by atoms with Crippen molar-refractivity contribution < 1.29 is 15.3 Å². The molecule has 0 atom stereocenters. The first-order valence-corrected chi connectivity index (χ1v) is 9.63. The van der Waals surface area contributed by atoms with Crippen LogP contribution >= 0.6 is 0 Å². The molecule has 1 fully saturated rings. The fourth-order valence-corrected chi connectivity index (χ4v) is 4.26. The average molecular weight is 357 g/mol. The van der Waals surface area contributed by atoms with Crippen LogP contribution in [0.4, 0.5) is 5.69 Å². The summed E-state index contributed by atoms with van der Waals surface area (Å²) in [6.07, 6.45) is 6.34. The number of phenols is 2. The summed E-state index contributed by atoms with van der Waals surface area (Å²) >= 11 is 0. The lowest BCUT2D eigenvalue weighted by molar-refractivity contribution is 0.168. The third-order valence-electron chi connectivity index (χ3n) is 5.71. The van der Waals surface area contributed by atoms with Crippen LogP contribution in [0.25, 0.3) is 10.9 Å². The lowest BCUT2D eigenvalue weighted by Gasteiger charge is -2.33. The molecule has 6 nitrogen and oxygen atoms in total. The number of aliphatic hydroxyl groups excluding tert-OH is 1. The Labute approximate surface area is 153 Å². The SMILES string of the molecule is OCCN1CCC(Nc2c3c(nc4cc(O)c(O)cc24)CCCC3)CC1. The molecule has 2 aromatic rings. The number of anilines is 1. The fourth-order valence-electron chi connectivity index (χ4n) is 4.26. The van der Waals surface area contributed by atoms with Crippen molar-refractivity contribution >= 4 is 16.6 Å². The number of piperidine rings is 1. The smallest absolute Gasteiger partial charge is 0.159 e. The second-order valence-corrected chi connectivity index (χ2v) is 7.46. The van der Waals surface area contributed by atoms with Gasteiger partial charge in [-0.3, -0.25) is 4.98 Å². The maximum Gasteiger partial charge on any atom is 0.159 e. The molecule has 0 unspecified atom stereocenters. The summed E-state index contributed by atoms with van der Waals surface area (Å²) in [5.74, 6) is -0.222. The third-order valence-corrected chi connectivity index (χ3v) is 5.71. The normalized spacial score (nSPS) is 18.8. The number of aryl methyl sites for hydroxylation is 1. The predicted molar refractivity (Wildman–Crippen MR) is 102 cm³/mol. The monoisotopic (exact) mass is 357 g/mol. The first kappa shape index (κ1) is 17.4. The molecule has 1 aliphatic carbocycles. The van der Waals surface area contributed by atoms with Gasteiger partial charge in [-0.2, -0.15) is 0 Å². The Kier molecular flexibility index (Phi) is 4.87. The number of nitrogens with one attached hydrogen (secondary N) is 1. The highest BCUT2D eigenvalue weighted by atomic mass is 16.3. The van der Waals surface area contributed by atoms with Crippen LogP contribution in [-0.2, 0) is 12.8 Å². The summed E-state index contributed by atoms with van der Waals surface area (Å²) in [4.78, 5) is 7.05. The molecular formula is C20H27N3O3. The van der Waals surface area contributed by atoms with Gasteiger partial charge in [0.05, 0.1) is 12.1 Å². The molecule has 1 aromatic carbocycles. The van der Waals surface area contributed by atoms with Crippen LogP contribution in [-0.4, -0.2) is 57.5 Å². The van der Waals surface area contributed by atoms with Gasteiger partial charge in [-0.1, -0.05) is 0 Å². The van der Waals surface area contributed by atoms with Crippen molar-refractivity contribution in [3.63, 3.8) is 0 Å². The van der Waals surface area contributed by atoms with Crippen molar-refractivity contribution in [1.29, 1.82) is 0 Å². The fraction of sp³-hybridized carbons (Fsp3) is 0.550. The predicted octanol–water partition coefficient (Wildman–Crippen LogP) is 2.39. The first-order valence-electron chi connectivity index (χ1n) is 9.63. The van der Waals surface area contributed by atoms with Crippen LogP contribution < -0.4 is 5.32 Å². The zero-order valence-corrected chi connectivity index (χ0v) is 15.0. The van der Waals surface area contributed by atoms with Gasteiger partial charge >= 0.3 is 0 Å². The molecule has 1 aromatic heterocycles. The topological polar surface area (TPSA) is 88.9 Å². The number of phenolic OH excluding ortho intramolecular Hbond substituents is 2. The maximum atomic E-state index is 10.0. The number of likely N-dealkylation sites (tertiary alicyclic amines) is 1. The summed E-state index contributed by atoms with van der Waals surface area (Å²) in [5, 5.41) is 33.6. The van der Waals surface area contributed by atoms with E-state index >= 15 is 0 Å². The van der Waals surface area contributed by atoms with Crippen molar-refractivity contribution in [3.8, 4) is 11.5 Å². The van der Waals surface area contributed by atoms with Crippen molar-refractivity contribution in [2.24, 2.45) is 0 Å². The number of pyridine rings is 1. The number of aliphatic hydroxyl groups is 1. The van der Waals surface area contributed by atoms with Gasteiger partial charge in [0.15, 0.2) is 11.5 Å². The minimum absolute atomic E-state index is 0.101. The second-order valence-electron chi connectivity index (χ2n) is 7.46. The van der Waals surface area contributed by atoms with Crippen LogP contribution in [0.3, 0.4) is 0 Å². The average Bonchev–Trinajstić information content (AvgIpc) is 2.65. The Bertz CT molecular complexity index is 801. The highest BCUT2D eigenvalue weighted by Gasteiger charge is 2.24. The molecule has 0 radical (unpaired) electrons. The van der Waals surface area contributed by atoms with Crippen molar-refractivity contribution in [3.05, 3.63) is 23.4 Å². The lowest BCUT2D eigenvalue weighted by atomic mass is 9.91. The van der Waals surface area contributed by atoms with Crippen LogP contribution in [0.1, 0.15) is 36.9 Å². The number of benzene rings is 1. The van der Waals surface area contributed by atoms with E-state index in [4.69, 9.17) is 10.1 Å². The van der Waals surface area contributed by atoms with E-state index in [0.29, 0.717) is 6.04 Å². The van der Waals surface area contributed by atoms with E-state index in [1.54, 1.807) is 12.1 Å². The summed E-state index contributed by atoms with van der Waals surface area (Å²) in [7, 11) is 0. The van der Waals surface area contributed by atoms with Crippen LogP contribution in [0.2, 0.25) is 0 Å². The van der Waals surface area contributed by atoms with E-state index in [1.807, 2.05) is 0 Å². The molecule has 26 heavy (non-hydrogen) atoms. The Morgan fingerprint density at radius 3 is 2.58 bits per heavy atom. The lowest BCUT2D eigenvalue weighted by Crippen LogP contribution is -2.40. The Hall–Kier alpha value is -2.05. The number of fused-ring (bicyclic) bond motifs is 2. The van der Waals surface area contributed by atoms with Crippen molar-refractivity contribution in [1.82, 2.24) is 9.88 Å². The molecule has 0 saturated carbocycles. The number of hydrogen-bond acceptors (Lipinski definition) is 6. The van der Waals surface area contributed by atoms with Crippen molar-refractivity contribution in [2.75, 3.05) is 31.6 Å². The molecular weight excluding hydrogens is 330 g/mol. The van der Waals surface area contributed by atoms with Gasteiger partial charge in [0.2, 0.25) is 0 Å². The molecule has 4 rings (SSSR count). The number of aromatic hydroxyl groups is 2. The molecule has 0 bridgehead atoms. The van der Waals surface area contributed by atoms with E-state index in [-0.39, 0.29) is 18.1 Å². The molecule has 140 valence electrons. The largest absolute Gasteiger partial charge is 0.504 e. The summed E-state index contributed by atoms with van der Waals surface area (Å²) in [6, 6.07) is 3.57. The van der Waals surface area contributed by atoms with Crippen molar-refractivity contribution in [2.45, 2.75) is 44.6 Å². The Balaban J connectivity index is 1.68. The van der Waals surface area contributed by atoms with Gasteiger partial charge in [-0.25, -0.2) is 0 Å². The van der Waals surface area contributed by atoms with E-state index in [0.717, 1.165) is 80.4 Å². The number of hydrogen-bond donors (Lipinski definition) is 4. The first-order chi connectivity index (χ1) is 12.7. The van der Waals surface area contributed by atoms with Gasteiger partial charge in [0.25, 0.3) is 0 Å². The van der Waals surface area contributed by atoms with Gasteiger partial charge in [-0.05, 0) is 50.2 Å². The van der Waals surface area contributed by atoms with Gasteiger partial charge in [-0.15, -0.1) is 0 Å². The Morgan fingerprint density at radius 1 is 1.08 bits per heavy atom. The second kappa shape index (κ2) is 7.29. The quantitative estimate of drug-likeness (QED) is 0.629. The molecule has 6 heteroatoms. The number of aromatic nitrogens is 1. The van der Waals surface area contributed by atoms with E-state index in [2.05, 4.69) is 10.2 Å². The zero-order chi connectivity index (χ0) is 18.1. The number of nitrogens with zero attached hydrogens (tertiary/aromatic N) is 2. The maximum absolute atomic E-state index is 10.0. The molecule has 2 heterocycles. The third kappa shape index (κ3) is 3.31. The minimum atomic E-state index is -0.121. The molecule has 0 spiro atoms. The molecule has 4 N–H and O–H groups in total. The van der Waals surface area contributed by atoms with Crippen LogP contribution in [0.15, 0.2) is 12.1 Å². The van der Waals surface area contributed by atoms with Gasteiger partial charge < -0.3 is 25.5 Å². The highest BCUT2D eigenvalue weighted by molar-refractivity contribution is 5.95. The Morgan fingerprint density at radius 2 is 1.81 bits per heavy atom. The highest BCUT2D eigenvalue weighted by Crippen LogP contribution is 2.38. The van der Waals surface area contributed by atoms with Gasteiger partial charge in [0, 0.05) is 48.5 Å². The molecule has 1 aliphatic heterocycles. The molecule has 2 aliphatic rings. The molecule has 0 amide bonds. The van der Waals surface area contributed by atoms with E-state index in [1.165, 1.54) is 5.56 Å². The summed E-state index contributed by atoms with van der Waals surface area (Å²) in [6.45, 7) is 2.92. The zero-order valence-electron chi connectivity index (χ0n) is 15.0. The van der Waals surface area contributed by atoms with E-state index < -0.39 is 0 Å². The van der Waals surface area contributed by atoms with E-state index in [9.17, 15) is 10.2 Å². The number of rotatable bonds is 4. The molecule has 1 saturated heterocycles. The number of β-amino-alcohol motifs (C(OH)–C–C–N with tert-alkyl or cyclic N) is 1. The van der Waals surface area contributed by atoms with Gasteiger partial charge in [0.1, 0.15) is 0 Å².